The molecular formula is C23H25F4N3O4S. The number of carbonyl (C=O) groups is 1. The number of hydrogen-bond acceptors (Lipinski definition) is 4. The van der Waals surface area contributed by atoms with Gasteiger partial charge in [0.05, 0.1) is 16.6 Å². The molecule has 0 spiro atoms. The molecule has 2 fully saturated rings. The van der Waals surface area contributed by atoms with Crippen LogP contribution in [0.2, 0.25) is 0 Å². The van der Waals surface area contributed by atoms with Crippen LogP contribution in [0.1, 0.15) is 49.3 Å². The van der Waals surface area contributed by atoms with Crippen molar-refractivity contribution in [2.45, 2.75) is 49.3 Å². The van der Waals surface area contributed by atoms with Crippen molar-refractivity contribution in [3.63, 3.8) is 0 Å². The first kappa shape index (κ1) is 25.4. The number of amides is 2. The molecule has 0 bridgehead atoms. The Bertz CT molecular complexity index is 1190. The number of carbonyl (C=O) groups excluding carboxylic acids is 1. The fourth-order valence-electron chi connectivity index (χ4n) is 3.82. The van der Waals surface area contributed by atoms with Crippen LogP contribution >= 0.6 is 0 Å². The first-order valence-electron chi connectivity index (χ1n) is 11.2. The third-order valence-electron chi connectivity index (χ3n) is 5.90. The Morgan fingerprint density at radius 3 is 2.46 bits per heavy atom. The van der Waals surface area contributed by atoms with Gasteiger partial charge in [0.1, 0.15) is 5.82 Å². The Balaban J connectivity index is 1.57. The van der Waals surface area contributed by atoms with Gasteiger partial charge in [0.15, 0.2) is 0 Å². The molecule has 1 saturated heterocycles. The molecule has 7 nitrogen and oxygen atoms in total. The van der Waals surface area contributed by atoms with Gasteiger partial charge in [-0.1, -0.05) is 6.07 Å². The van der Waals surface area contributed by atoms with Crippen LogP contribution in [0.4, 0.5) is 33.7 Å². The summed E-state index contributed by atoms with van der Waals surface area (Å²) in [5.74, 6) is -1.14. The molecule has 1 unspecified atom stereocenters. The van der Waals surface area contributed by atoms with Crippen molar-refractivity contribution in [1.29, 1.82) is 0 Å². The van der Waals surface area contributed by atoms with Crippen LogP contribution in [0.5, 0.6) is 0 Å². The largest absolute Gasteiger partial charge is 0.419 e. The lowest BCUT2D eigenvalue weighted by Gasteiger charge is -2.25. The molecule has 190 valence electrons. The van der Waals surface area contributed by atoms with E-state index in [1.165, 1.54) is 12.1 Å². The summed E-state index contributed by atoms with van der Waals surface area (Å²) in [6.45, 7) is 0.834. The van der Waals surface area contributed by atoms with Gasteiger partial charge in [0, 0.05) is 30.1 Å². The molecule has 1 saturated carbocycles. The van der Waals surface area contributed by atoms with Crippen molar-refractivity contribution in [2.24, 2.45) is 5.92 Å². The summed E-state index contributed by atoms with van der Waals surface area (Å²) >= 11 is 0. The summed E-state index contributed by atoms with van der Waals surface area (Å²) in [7, 11) is -3.84. The molecule has 12 heteroatoms. The maximum Gasteiger partial charge on any atom is 0.419 e. The molecular weight excluding hydrogens is 490 g/mol. The van der Waals surface area contributed by atoms with Gasteiger partial charge >= 0.3 is 12.2 Å². The summed E-state index contributed by atoms with van der Waals surface area (Å²) in [5.41, 5.74) is -1.08. The molecule has 4 rings (SSSR count). The Kier molecular flexibility index (Phi) is 7.34. The summed E-state index contributed by atoms with van der Waals surface area (Å²) in [5, 5.41) is 4.77. The quantitative estimate of drug-likeness (QED) is 0.429. The average Bonchev–Trinajstić information content (AvgIpc) is 3.63. The third-order valence-corrected chi connectivity index (χ3v) is 7.32. The van der Waals surface area contributed by atoms with E-state index in [0.717, 1.165) is 31.7 Å². The number of nitrogens with one attached hydrogen (secondary N) is 3. The Morgan fingerprint density at radius 2 is 1.80 bits per heavy atom. The van der Waals surface area contributed by atoms with E-state index in [2.05, 4.69) is 15.4 Å². The molecule has 1 aliphatic carbocycles. The predicted molar refractivity (Wildman–Crippen MR) is 121 cm³/mol. The van der Waals surface area contributed by atoms with Crippen LogP contribution in [0.25, 0.3) is 0 Å². The monoisotopic (exact) mass is 515 g/mol. The molecule has 2 aromatic carbocycles. The van der Waals surface area contributed by atoms with Crippen molar-refractivity contribution in [2.75, 3.05) is 23.8 Å². The van der Waals surface area contributed by atoms with Gasteiger partial charge < -0.3 is 15.4 Å². The topological polar surface area (TPSA) is 96.5 Å². The summed E-state index contributed by atoms with van der Waals surface area (Å²) in [6.07, 6.45) is -0.953. The van der Waals surface area contributed by atoms with Crippen molar-refractivity contribution in [3.8, 4) is 0 Å². The molecule has 35 heavy (non-hydrogen) atoms. The first-order chi connectivity index (χ1) is 16.5. The number of halogens is 4. The zero-order valence-electron chi connectivity index (χ0n) is 18.6. The highest BCUT2D eigenvalue weighted by atomic mass is 32.2. The second-order valence-corrected chi connectivity index (χ2v) is 10.4. The molecule has 1 atom stereocenters. The molecule has 2 aliphatic rings. The average molecular weight is 516 g/mol. The molecule has 3 N–H and O–H groups in total. The van der Waals surface area contributed by atoms with Crippen molar-refractivity contribution in [1.82, 2.24) is 4.72 Å². The lowest BCUT2D eigenvalue weighted by Crippen LogP contribution is -2.27. The number of alkyl halides is 3. The Hall–Kier alpha value is -2.70. The van der Waals surface area contributed by atoms with Gasteiger partial charge in [0.2, 0.25) is 10.0 Å². The number of anilines is 2. The van der Waals surface area contributed by atoms with Crippen LogP contribution in [-0.2, 0) is 20.9 Å². The minimum atomic E-state index is -4.93. The molecule has 2 aromatic rings. The normalized spacial score (nSPS) is 18.8. The highest BCUT2D eigenvalue weighted by Gasteiger charge is 2.34. The fourth-order valence-corrected chi connectivity index (χ4v) is 4.96. The molecule has 1 aliphatic heterocycles. The van der Waals surface area contributed by atoms with Crippen LogP contribution in [0, 0.1) is 11.7 Å². The van der Waals surface area contributed by atoms with Crippen LogP contribution in [-0.4, -0.2) is 27.6 Å². The van der Waals surface area contributed by atoms with E-state index in [-0.39, 0.29) is 22.4 Å². The van der Waals surface area contributed by atoms with Crippen molar-refractivity contribution in [3.05, 3.63) is 53.3 Å². The van der Waals surface area contributed by atoms with Crippen molar-refractivity contribution >= 4 is 27.4 Å². The number of sulfonamides is 1. The molecule has 0 radical (unpaired) electrons. The summed E-state index contributed by atoms with van der Waals surface area (Å²) in [4.78, 5) is 12.6. The van der Waals surface area contributed by atoms with Crippen LogP contribution in [0.3, 0.4) is 0 Å². The summed E-state index contributed by atoms with van der Waals surface area (Å²) < 4.78 is 86.4. The SMILES string of the molecule is O=C(Nc1ccc(F)c(C(F)(F)F)c1)Nc1cc(S(=O)(=O)NCC2CC2)ccc1C1CCCCO1. The maximum absolute atomic E-state index is 13.6. The third kappa shape index (κ3) is 6.50. The standard InChI is InChI=1S/C23H25F4N3O4S/c24-19-9-6-15(11-18(19)23(25,26)27)29-22(31)30-20-12-16(35(32,33)28-13-14-4-5-14)7-8-17(20)21-3-1-2-10-34-21/h6-9,11-12,14,21,28H,1-5,10,13H2,(H2,29,30,31). The number of ether oxygens (including phenoxy) is 1. The summed E-state index contributed by atoms with van der Waals surface area (Å²) in [6, 6.07) is 5.48. The number of rotatable bonds is 7. The zero-order valence-corrected chi connectivity index (χ0v) is 19.4. The second-order valence-electron chi connectivity index (χ2n) is 8.67. The van der Waals surface area contributed by atoms with E-state index in [4.69, 9.17) is 4.74 Å². The van der Waals surface area contributed by atoms with Gasteiger partial charge in [0.25, 0.3) is 0 Å². The minimum absolute atomic E-state index is 0.0610. The van der Waals surface area contributed by atoms with E-state index in [1.54, 1.807) is 6.07 Å². The van der Waals surface area contributed by atoms with Gasteiger partial charge in [-0.25, -0.2) is 22.3 Å². The highest BCUT2D eigenvalue weighted by Crippen LogP contribution is 2.35. The predicted octanol–water partition coefficient (Wildman–Crippen LogP) is 5.42. The maximum atomic E-state index is 13.6. The molecule has 1 heterocycles. The van der Waals surface area contributed by atoms with E-state index < -0.39 is 33.6 Å². The van der Waals surface area contributed by atoms with Gasteiger partial charge in [-0.05, 0) is 68.4 Å². The lowest BCUT2D eigenvalue weighted by atomic mass is 10.00. The van der Waals surface area contributed by atoms with Crippen molar-refractivity contribution < 1.29 is 35.5 Å². The van der Waals surface area contributed by atoms with Crippen LogP contribution in [0.15, 0.2) is 41.3 Å². The second kappa shape index (κ2) is 10.1. The van der Waals surface area contributed by atoms with Gasteiger partial charge in [-0.15, -0.1) is 0 Å². The van der Waals surface area contributed by atoms with Gasteiger partial charge in [-0.3, -0.25) is 0 Å². The Morgan fingerprint density at radius 1 is 1.03 bits per heavy atom. The molecule has 0 aromatic heterocycles. The van der Waals surface area contributed by atoms with Gasteiger partial charge in [-0.2, -0.15) is 13.2 Å². The highest BCUT2D eigenvalue weighted by molar-refractivity contribution is 7.89. The van der Waals surface area contributed by atoms with E-state index in [1.807, 2.05) is 0 Å². The lowest BCUT2D eigenvalue weighted by molar-refractivity contribution is -0.139. The van der Waals surface area contributed by atoms with E-state index in [9.17, 15) is 30.8 Å². The number of urea groups is 1. The zero-order chi connectivity index (χ0) is 25.2. The van der Waals surface area contributed by atoms with E-state index >= 15 is 0 Å². The minimum Gasteiger partial charge on any atom is -0.373 e. The van der Waals surface area contributed by atoms with Crippen LogP contribution < -0.4 is 15.4 Å². The Labute approximate surface area is 200 Å². The smallest absolute Gasteiger partial charge is 0.373 e. The van der Waals surface area contributed by atoms with E-state index in [0.29, 0.717) is 43.2 Å². The number of hydrogen-bond donors (Lipinski definition) is 3. The first-order valence-corrected chi connectivity index (χ1v) is 12.7. The molecule has 2 amide bonds. The fraction of sp³-hybridized carbons (Fsp3) is 0.435. The number of benzene rings is 2.